The monoisotopic (exact) mass is 414 g/mol. The molecule has 2 amide bonds. The molecule has 0 fully saturated rings. The van der Waals surface area contributed by atoms with Gasteiger partial charge < -0.3 is 14.8 Å². The minimum absolute atomic E-state index is 0.294. The molecule has 1 aliphatic rings. The van der Waals surface area contributed by atoms with Crippen LogP contribution in [0.5, 0.6) is 5.75 Å². The summed E-state index contributed by atoms with van der Waals surface area (Å²) < 4.78 is 23.7. The molecule has 2 aromatic rings. The number of para-hydroxylation sites is 2. The van der Waals surface area contributed by atoms with Crippen LogP contribution < -0.4 is 15.0 Å². The molecule has 0 saturated carbocycles. The number of anilines is 2. The van der Waals surface area contributed by atoms with E-state index in [1.165, 1.54) is 43.0 Å². The number of nitrogens with one attached hydrogen (secondary N) is 1. The summed E-state index contributed by atoms with van der Waals surface area (Å²) in [6, 6.07) is 12.1. The SMILES string of the molecule is C[C@H](Oc1ccc(F)cc1)C(=O)O[C@@H](C)C(=O)N1c2ccccc2NC(=O)C1(C)C. The zero-order valence-electron chi connectivity index (χ0n) is 17.1. The molecule has 2 atom stereocenters. The Kier molecular flexibility index (Phi) is 5.78. The van der Waals surface area contributed by atoms with Gasteiger partial charge in [0.05, 0.1) is 11.4 Å². The first-order valence-corrected chi connectivity index (χ1v) is 9.48. The van der Waals surface area contributed by atoms with Gasteiger partial charge in [-0.25, -0.2) is 9.18 Å². The van der Waals surface area contributed by atoms with Crippen molar-refractivity contribution < 1.29 is 28.2 Å². The first-order valence-electron chi connectivity index (χ1n) is 9.48. The Morgan fingerprint density at radius 1 is 1.03 bits per heavy atom. The van der Waals surface area contributed by atoms with Gasteiger partial charge in [0.2, 0.25) is 5.91 Å². The molecule has 0 aliphatic carbocycles. The lowest BCUT2D eigenvalue weighted by Crippen LogP contribution is -2.60. The van der Waals surface area contributed by atoms with Crippen LogP contribution in [-0.4, -0.2) is 35.5 Å². The van der Waals surface area contributed by atoms with E-state index in [1.807, 2.05) is 0 Å². The van der Waals surface area contributed by atoms with E-state index in [9.17, 15) is 18.8 Å². The van der Waals surface area contributed by atoms with Crippen molar-refractivity contribution in [1.29, 1.82) is 0 Å². The van der Waals surface area contributed by atoms with E-state index in [0.717, 1.165) is 0 Å². The average Bonchev–Trinajstić information content (AvgIpc) is 2.70. The second-order valence-electron chi connectivity index (χ2n) is 7.50. The average molecular weight is 414 g/mol. The van der Waals surface area contributed by atoms with Crippen LogP contribution in [0.3, 0.4) is 0 Å². The maximum atomic E-state index is 13.2. The quantitative estimate of drug-likeness (QED) is 0.759. The number of rotatable bonds is 5. The van der Waals surface area contributed by atoms with Crippen LogP contribution in [0.15, 0.2) is 48.5 Å². The fourth-order valence-corrected chi connectivity index (χ4v) is 3.11. The number of esters is 1. The third kappa shape index (κ3) is 4.12. The second kappa shape index (κ2) is 8.14. The third-order valence-corrected chi connectivity index (χ3v) is 4.83. The number of hydrogen-bond donors (Lipinski definition) is 1. The number of hydrogen-bond acceptors (Lipinski definition) is 5. The van der Waals surface area contributed by atoms with Gasteiger partial charge in [-0.05, 0) is 64.1 Å². The van der Waals surface area contributed by atoms with E-state index < -0.39 is 35.4 Å². The zero-order chi connectivity index (χ0) is 22.1. The largest absolute Gasteiger partial charge is 0.479 e. The molecule has 0 unspecified atom stereocenters. The number of ether oxygens (including phenoxy) is 2. The Bertz CT molecular complexity index is 974. The van der Waals surface area contributed by atoms with E-state index in [-0.39, 0.29) is 5.91 Å². The minimum atomic E-state index is -1.18. The Balaban J connectivity index is 1.73. The van der Waals surface area contributed by atoms with Gasteiger partial charge in [-0.15, -0.1) is 0 Å². The molecule has 1 N–H and O–H groups in total. The van der Waals surface area contributed by atoms with Crippen molar-refractivity contribution in [2.75, 3.05) is 10.2 Å². The molecule has 1 heterocycles. The van der Waals surface area contributed by atoms with Crippen molar-refractivity contribution in [3.8, 4) is 5.75 Å². The molecule has 1 aliphatic heterocycles. The van der Waals surface area contributed by atoms with Crippen LogP contribution in [0.2, 0.25) is 0 Å². The van der Waals surface area contributed by atoms with Crippen LogP contribution in [0, 0.1) is 5.82 Å². The van der Waals surface area contributed by atoms with Crippen LogP contribution in [0.4, 0.5) is 15.8 Å². The first kappa shape index (κ1) is 21.3. The lowest BCUT2D eigenvalue weighted by Gasteiger charge is -2.42. The summed E-state index contributed by atoms with van der Waals surface area (Å²) in [5.74, 6) is -1.77. The summed E-state index contributed by atoms with van der Waals surface area (Å²) in [4.78, 5) is 39.4. The molecular weight excluding hydrogens is 391 g/mol. The standard InChI is InChI=1S/C22H23FN2O5/c1-13(30-20(27)14(2)29-16-11-9-15(23)10-12-16)19(26)25-18-8-6-5-7-17(18)24-21(28)22(25,3)4/h5-14H,1-4H3,(H,24,28)/t13-,14-/m0/s1. The highest BCUT2D eigenvalue weighted by Crippen LogP contribution is 2.37. The summed E-state index contributed by atoms with van der Waals surface area (Å²) >= 11 is 0. The van der Waals surface area contributed by atoms with Crippen LogP contribution in [-0.2, 0) is 19.1 Å². The van der Waals surface area contributed by atoms with Crippen molar-refractivity contribution in [3.05, 3.63) is 54.3 Å². The van der Waals surface area contributed by atoms with Crippen molar-refractivity contribution in [2.24, 2.45) is 0 Å². The maximum Gasteiger partial charge on any atom is 0.347 e. The van der Waals surface area contributed by atoms with E-state index in [4.69, 9.17) is 9.47 Å². The molecule has 0 saturated heterocycles. The van der Waals surface area contributed by atoms with Gasteiger partial charge in [0.15, 0.2) is 12.2 Å². The van der Waals surface area contributed by atoms with Gasteiger partial charge in [-0.2, -0.15) is 0 Å². The first-order chi connectivity index (χ1) is 14.1. The summed E-state index contributed by atoms with van der Waals surface area (Å²) in [5.41, 5.74) is -0.158. The Hall–Kier alpha value is -3.42. The number of carbonyl (C=O) groups excluding carboxylic acids is 3. The number of nitrogens with zero attached hydrogens (tertiary/aromatic N) is 1. The Morgan fingerprint density at radius 2 is 1.67 bits per heavy atom. The molecule has 7 nitrogen and oxygen atoms in total. The molecule has 0 bridgehead atoms. The lowest BCUT2D eigenvalue weighted by molar-refractivity contribution is -0.160. The Morgan fingerprint density at radius 3 is 2.33 bits per heavy atom. The number of halogens is 1. The smallest absolute Gasteiger partial charge is 0.347 e. The van der Waals surface area contributed by atoms with Gasteiger partial charge in [0.25, 0.3) is 5.91 Å². The maximum absolute atomic E-state index is 13.2. The normalized spacial score (nSPS) is 16.7. The topological polar surface area (TPSA) is 84.9 Å². The van der Waals surface area contributed by atoms with Gasteiger partial charge in [-0.1, -0.05) is 12.1 Å². The minimum Gasteiger partial charge on any atom is -0.479 e. The van der Waals surface area contributed by atoms with E-state index in [2.05, 4.69) is 5.32 Å². The summed E-state index contributed by atoms with van der Waals surface area (Å²) in [7, 11) is 0. The van der Waals surface area contributed by atoms with Gasteiger partial charge in [0.1, 0.15) is 17.1 Å². The van der Waals surface area contributed by atoms with Gasteiger partial charge >= 0.3 is 5.97 Å². The van der Waals surface area contributed by atoms with Crippen LogP contribution >= 0.6 is 0 Å². The zero-order valence-corrected chi connectivity index (χ0v) is 17.1. The van der Waals surface area contributed by atoms with Crippen molar-refractivity contribution in [3.63, 3.8) is 0 Å². The predicted octanol–water partition coefficient (Wildman–Crippen LogP) is 3.29. The molecule has 0 aromatic heterocycles. The molecule has 0 spiro atoms. The van der Waals surface area contributed by atoms with Crippen molar-refractivity contribution in [1.82, 2.24) is 0 Å². The fraction of sp³-hybridized carbons (Fsp3) is 0.318. The predicted molar refractivity (Wildman–Crippen MR) is 109 cm³/mol. The summed E-state index contributed by atoms with van der Waals surface area (Å²) in [5, 5.41) is 2.78. The van der Waals surface area contributed by atoms with E-state index in [0.29, 0.717) is 17.1 Å². The van der Waals surface area contributed by atoms with Gasteiger partial charge in [-0.3, -0.25) is 14.5 Å². The molecule has 3 rings (SSSR count). The number of benzene rings is 2. The fourth-order valence-electron chi connectivity index (χ4n) is 3.11. The number of amides is 2. The van der Waals surface area contributed by atoms with Gasteiger partial charge in [0, 0.05) is 0 Å². The van der Waals surface area contributed by atoms with Crippen LogP contribution in [0.25, 0.3) is 0 Å². The third-order valence-electron chi connectivity index (χ3n) is 4.83. The van der Waals surface area contributed by atoms with Crippen molar-refractivity contribution in [2.45, 2.75) is 45.4 Å². The number of carbonyl (C=O) groups is 3. The van der Waals surface area contributed by atoms with E-state index in [1.54, 1.807) is 38.1 Å². The van der Waals surface area contributed by atoms with Crippen molar-refractivity contribution >= 4 is 29.2 Å². The lowest BCUT2D eigenvalue weighted by atomic mass is 9.95. The second-order valence-corrected chi connectivity index (χ2v) is 7.50. The molecule has 2 aromatic carbocycles. The molecule has 8 heteroatoms. The van der Waals surface area contributed by atoms with E-state index >= 15 is 0 Å². The highest BCUT2D eigenvalue weighted by atomic mass is 19.1. The number of fused-ring (bicyclic) bond motifs is 1. The molecule has 0 radical (unpaired) electrons. The summed E-state index contributed by atoms with van der Waals surface area (Å²) in [6.45, 7) is 6.14. The molecule has 158 valence electrons. The molecular formula is C22H23FN2O5. The Labute approximate surface area is 173 Å². The summed E-state index contributed by atoms with van der Waals surface area (Å²) in [6.07, 6.45) is -2.18. The molecule has 30 heavy (non-hydrogen) atoms. The highest BCUT2D eigenvalue weighted by molar-refractivity contribution is 6.15. The van der Waals surface area contributed by atoms with Crippen LogP contribution in [0.1, 0.15) is 27.7 Å². The highest BCUT2D eigenvalue weighted by Gasteiger charge is 2.45.